The van der Waals surface area contributed by atoms with E-state index in [1.807, 2.05) is 18.0 Å². The van der Waals surface area contributed by atoms with Crippen molar-refractivity contribution in [3.63, 3.8) is 0 Å². The highest BCUT2D eigenvalue weighted by Crippen LogP contribution is 1.98. The molecule has 0 aliphatic rings. The normalized spacial score (nSPS) is 10.4. The van der Waals surface area contributed by atoms with Gasteiger partial charge in [0.15, 0.2) is 0 Å². The second kappa shape index (κ2) is 9.56. The maximum absolute atomic E-state index is 11.8. The predicted octanol–water partition coefficient (Wildman–Crippen LogP) is 2.47. The molecule has 0 spiro atoms. The van der Waals surface area contributed by atoms with Gasteiger partial charge in [-0.1, -0.05) is 43.7 Å². The molecule has 3 nitrogen and oxygen atoms in total. The molecule has 1 aromatic rings. The third kappa shape index (κ3) is 6.97. The largest absolute Gasteiger partial charge is 0.346 e. The Labute approximate surface area is 117 Å². The average molecular weight is 262 g/mol. The van der Waals surface area contributed by atoms with Crippen molar-refractivity contribution < 1.29 is 4.79 Å². The summed E-state index contributed by atoms with van der Waals surface area (Å²) in [7, 11) is 1.89. The van der Waals surface area contributed by atoms with Gasteiger partial charge in [0.05, 0.1) is 0 Å². The van der Waals surface area contributed by atoms with E-state index in [4.69, 9.17) is 0 Å². The number of nitrogens with one attached hydrogen (secondary N) is 1. The number of amides is 1. The molecule has 0 aromatic heterocycles. The van der Waals surface area contributed by atoms with Gasteiger partial charge in [-0.15, -0.1) is 0 Å². The van der Waals surface area contributed by atoms with Gasteiger partial charge in [0.1, 0.15) is 0 Å². The topological polar surface area (TPSA) is 32.3 Å². The van der Waals surface area contributed by atoms with Gasteiger partial charge in [-0.3, -0.25) is 4.79 Å². The minimum atomic E-state index is 0.237. The Kier molecular flexibility index (Phi) is 7.91. The molecular weight excluding hydrogens is 236 g/mol. The number of hydrogen-bond acceptors (Lipinski definition) is 2. The molecule has 1 N–H and O–H groups in total. The summed E-state index contributed by atoms with van der Waals surface area (Å²) in [5.74, 6) is 0.237. The minimum absolute atomic E-state index is 0.237. The van der Waals surface area contributed by atoms with Gasteiger partial charge in [-0.2, -0.15) is 0 Å². The van der Waals surface area contributed by atoms with Crippen LogP contribution in [-0.2, 0) is 11.2 Å². The molecule has 1 amide bonds. The number of hydrogen-bond donors (Lipinski definition) is 1. The lowest BCUT2D eigenvalue weighted by atomic mass is 10.1. The number of carbonyl (C=O) groups is 1. The van der Waals surface area contributed by atoms with Gasteiger partial charge >= 0.3 is 0 Å². The maximum Gasteiger partial charge on any atom is 0.223 e. The average Bonchev–Trinajstić information content (AvgIpc) is 2.45. The van der Waals surface area contributed by atoms with Crippen LogP contribution in [0.5, 0.6) is 0 Å². The molecule has 0 unspecified atom stereocenters. The lowest BCUT2D eigenvalue weighted by molar-refractivity contribution is -0.129. The Morgan fingerprint density at radius 2 is 1.95 bits per heavy atom. The van der Waals surface area contributed by atoms with Crippen LogP contribution in [0.4, 0.5) is 0 Å². The first-order chi connectivity index (χ1) is 9.24. The molecule has 19 heavy (non-hydrogen) atoms. The van der Waals surface area contributed by atoms with Crippen LogP contribution >= 0.6 is 0 Å². The van der Waals surface area contributed by atoms with Crippen molar-refractivity contribution in [1.82, 2.24) is 10.2 Å². The van der Waals surface area contributed by atoms with E-state index in [9.17, 15) is 4.79 Å². The monoisotopic (exact) mass is 262 g/mol. The molecule has 3 heteroatoms. The van der Waals surface area contributed by atoms with Crippen LogP contribution in [0.25, 0.3) is 0 Å². The zero-order valence-corrected chi connectivity index (χ0v) is 12.2. The summed E-state index contributed by atoms with van der Waals surface area (Å²) in [6.45, 7) is 4.71. The first kappa shape index (κ1) is 15.7. The number of carbonyl (C=O) groups excluding carboxylic acids is 1. The van der Waals surface area contributed by atoms with E-state index in [0.29, 0.717) is 6.42 Å². The summed E-state index contributed by atoms with van der Waals surface area (Å²) < 4.78 is 0. The molecule has 0 radical (unpaired) electrons. The summed E-state index contributed by atoms with van der Waals surface area (Å²) in [5, 5.41) is 3.33. The first-order valence-corrected chi connectivity index (χ1v) is 7.22. The molecule has 0 atom stereocenters. The molecule has 0 aliphatic carbocycles. The van der Waals surface area contributed by atoms with Crippen molar-refractivity contribution in [2.45, 2.75) is 32.6 Å². The summed E-state index contributed by atoms with van der Waals surface area (Å²) in [5.41, 5.74) is 1.33. The van der Waals surface area contributed by atoms with Gasteiger partial charge in [0.2, 0.25) is 5.91 Å². The van der Waals surface area contributed by atoms with Crippen LogP contribution in [0.2, 0.25) is 0 Å². The molecule has 0 aliphatic heterocycles. The third-order valence-electron chi connectivity index (χ3n) is 3.22. The maximum atomic E-state index is 11.8. The first-order valence-electron chi connectivity index (χ1n) is 7.22. The molecule has 106 valence electrons. The smallest absolute Gasteiger partial charge is 0.223 e. The van der Waals surface area contributed by atoms with Crippen LogP contribution in [-0.4, -0.2) is 37.5 Å². The van der Waals surface area contributed by atoms with E-state index < -0.39 is 0 Å². The highest BCUT2D eigenvalue weighted by molar-refractivity contribution is 5.76. The Morgan fingerprint density at radius 3 is 2.63 bits per heavy atom. The zero-order valence-electron chi connectivity index (χ0n) is 12.2. The lowest BCUT2D eigenvalue weighted by Gasteiger charge is -2.16. The van der Waals surface area contributed by atoms with Gasteiger partial charge in [0, 0.05) is 26.6 Å². The lowest BCUT2D eigenvalue weighted by Crippen LogP contribution is -2.31. The third-order valence-corrected chi connectivity index (χ3v) is 3.22. The van der Waals surface area contributed by atoms with Crippen molar-refractivity contribution in [2.75, 3.05) is 26.7 Å². The highest BCUT2D eigenvalue weighted by atomic mass is 16.2. The highest BCUT2D eigenvalue weighted by Gasteiger charge is 2.06. The van der Waals surface area contributed by atoms with Crippen molar-refractivity contribution in [3.05, 3.63) is 35.9 Å². The Balaban J connectivity index is 2.05. The van der Waals surface area contributed by atoms with Gasteiger partial charge in [-0.05, 0) is 24.9 Å². The van der Waals surface area contributed by atoms with Crippen molar-refractivity contribution in [3.8, 4) is 0 Å². The van der Waals surface area contributed by atoms with E-state index in [-0.39, 0.29) is 5.91 Å². The van der Waals surface area contributed by atoms with E-state index in [2.05, 4.69) is 36.5 Å². The van der Waals surface area contributed by atoms with Gasteiger partial charge < -0.3 is 10.2 Å². The number of nitrogens with zero attached hydrogens (tertiary/aromatic N) is 1. The van der Waals surface area contributed by atoms with Crippen molar-refractivity contribution >= 4 is 5.91 Å². The number of benzene rings is 1. The second-order valence-corrected chi connectivity index (χ2v) is 4.90. The molecule has 0 saturated carbocycles. The van der Waals surface area contributed by atoms with Gasteiger partial charge in [0.25, 0.3) is 0 Å². The fourth-order valence-corrected chi connectivity index (χ4v) is 1.91. The molecule has 0 heterocycles. The van der Waals surface area contributed by atoms with Crippen LogP contribution in [0, 0.1) is 0 Å². The zero-order chi connectivity index (χ0) is 13.9. The summed E-state index contributed by atoms with van der Waals surface area (Å²) in [6, 6.07) is 10.4. The quantitative estimate of drug-likeness (QED) is 0.693. The van der Waals surface area contributed by atoms with E-state index in [1.165, 1.54) is 5.56 Å². The van der Waals surface area contributed by atoms with Crippen LogP contribution in [0.3, 0.4) is 0 Å². The Bertz CT molecular complexity index is 351. The Hall–Kier alpha value is -1.35. The van der Waals surface area contributed by atoms with E-state index >= 15 is 0 Å². The van der Waals surface area contributed by atoms with Crippen LogP contribution < -0.4 is 5.32 Å². The molecular formula is C16H26N2O. The van der Waals surface area contributed by atoms with Gasteiger partial charge in [-0.25, -0.2) is 0 Å². The van der Waals surface area contributed by atoms with Crippen LogP contribution in [0.15, 0.2) is 30.3 Å². The molecule has 1 aromatic carbocycles. The van der Waals surface area contributed by atoms with E-state index in [1.54, 1.807) is 0 Å². The fourth-order valence-electron chi connectivity index (χ4n) is 1.91. The summed E-state index contributed by atoms with van der Waals surface area (Å²) >= 11 is 0. The molecule has 0 bridgehead atoms. The standard InChI is InChI=1S/C16H26N2O/c1-3-4-14-18(2)16(19)11-13-17-12-10-15-8-6-5-7-9-15/h5-9,17H,3-4,10-14H2,1-2H3. The fraction of sp³-hybridized carbons (Fsp3) is 0.562. The van der Waals surface area contributed by atoms with Crippen molar-refractivity contribution in [1.29, 1.82) is 0 Å². The SMILES string of the molecule is CCCCN(C)C(=O)CCNCCc1ccccc1. The molecule has 0 saturated heterocycles. The summed E-state index contributed by atoms with van der Waals surface area (Å²) in [4.78, 5) is 13.6. The second-order valence-electron chi connectivity index (χ2n) is 4.90. The van der Waals surface area contributed by atoms with Crippen LogP contribution in [0.1, 0.15) is 31.7 Å². The number of unbranched alkanes of at least 4 members (excludes halogenated alkanes) is 1. The Morgan fingerprint density at radius 1 is 1.21 bits per heavy atom. The molecule has 0 fully saturated rings. The molecule has 1 rings (SSSR count). The predicted molar refractivity (Wildman–Crippen MR) is 80.2 cm³/mol. The van der Waals surface area contributed by atoms with Crippen molar-refractivity contribution in [2.24, 2.45) is 0 Å². The number of rotatable bonds is 9. The summed E-state index contributed by atoms with van der Waals surface area (Å²) in [6.07, 6.45) is 3.83. The van der Waals surface area contributed by atoms with E-state index in [0.717, 1.165) is 38.9 Å². The minimum Gasteiger partial charge on any atom is -0.346 e.